The molecule has 0 spiro atoms. The number of sulfone groups is 1. The Labute approximate surface area is 115 Å². The summed E-state index contributed by atoms with van der Waals surface area (Å²) in [5.41, 5.74) is 0. The number of amides is 1. The van der Waals surface area contributed by atoms with Crippen LogP contribution < -0.4 is 5.32 Å². The zero-order chi connectivity index (χ0) is 14.5. The molecule has 0 saturated carbocycles. The summed E-state index contributed by atoms with van der Waals surface area (Å²) in [4.78, 5) is 21.7. The van der Waals surface area contributed by atoms with E-state index < -0.39 is 21.9 Å². The minimum absolute atomic E-state index is 0.0413. The van der Waals surface area contributed by atoms with Gasteiger partial charge in [0.1, 0.15) is 0 Å². The van der Waals surface area contributed by atoms with Crippen molar-refractivity contribution in [2.24, 2.45) is 0 Å². The number of nitrogens with one attached hydrogen (secondary N) is 1. The summed E-state index contributed by atoms with van der Waals surface area (Å²) in [5.74, 6) is -1.17. The lowest BCUT2D eigenvalue weighted by Gasteiger charge is -2.09. The van der Waals surface area contributed by atoms with Gasteiger partial charge in [0, 0.05) is 18.2 Å². The Kier molecular flexibility index (Phi) is 6.08. The molecule has 0 aromatic carbocycles. The number of aliphatic hydroxyl groups is 1. The van der Waals surface area contributed by atoms with Crippen LogP contribution in [-0.2, 0) is 19.4 Å². The summed E-state index contributed by atoms with van der Waals surface area (Å²) in [7, 11) is -2.93. The number of carbonyl (C=O) groups excluding carboxylic acids is 1. The Morgan fingerprint density at radius 3 is 2.63 bits per heavy atom. The largest absolute Gasteiger partial charge is 0.479 e. The molecule has 1 aliphatic heterocycles. The number of aliphatic hydroxyl groups excluding tert-OH is 1. The second-order valence-electron chi connectivity index (χ2n) is 4.33. The molecule has 0 radical (unpaired) electrons. The van der Waals surface area contributed by atoms with E-state index in [1.807, 2.05) is 0 Å². The monoisotopic (exact) mass is 311 g/mol. The number of aliphatic carboxylic acids is 1. The molecule has 1 rings (SSSR count). The van der Waals surface area contributed by atoms with Gasteiger partial charge in [0.15, 0.2) is 15.9 Å². The number of carboxylic acid groups (broad SMARTS) is 1. The molecule has 1 amide bonds. The molecule has 1 aliphatic rings. The van der Waals surface area contributed by atoms with Crippen molar-refractivity contribution in [2.45, 2.75) is 24.2 Å². The summed E-state index contributed by atoms with van der Waals surface area (Å²) in [6.07, 6.45) is -0.963. The highest BCUT2D eigenvalue weighted by molar-refractivity contribution is 8.02. The fourth-order valence-electron chi connectivity index (χ4n) is 1.61. The van der Waals surface area contributed by atoms with Crippen molar-refractivity contribution in [3.8, 4) is 0 Å². The number of carboxylic acids is 1. The van der Waals surface area contributed by atoms with Crippen molar-refractivity contribution in [3.05, 3.63) is 0 Å². The minimum Gasteiger partial charge on any atom is -0.479 e. The van der Waals surface area contributed by atoms with Gasteiger partial charge in [0.2, 0.25) is 5.91 Å². The molecule has 0 bridgehead atoms. The second kappa shape index (κ2) is 7.11. The minimum atomic E-state index is -2.93. The standard InChI is InChI=1S/C10H17NO6S2/c12-8(10(14)15)1-3-11-9(13)5-18-7-2-4-19(16,17)6-7/h7-8,12H,1-6H2,(H,11,13)(H,14,15). The molecule has 1 fully saturated rings. The summed E-state index contributed by atoms with van der Waals surface area (Å²) < 4.78 is 22.4. The van der Waals surface area contributed by atoms with Crippen LogP contribution in [0.3, 0.4) is 0 Å². The number of rotatable bonds is 7. The van der Waals surface area contributed by atoms with Gasteiger partial charge in [-0.3, -0.25) is 4.79 Å². The van der Waals surface area contributed by atoms with Crippen LogP contribution in [-0.4, -0.2) is 65.7 Å². The number of hydrogen-bond acceptors (Lipinski definition) is 6. The average Bonchev–Trinajstić information content (AvgIpc) is 2.66. The SMILES string of the molecule is O=C(CSC1CCS(=O)(=O)C1)NCCC(O)C(=O)O. The van der Waals surface area contributed by atoms with E-state index in [2.05, 4.69) is 5.32 Å². The second-order valence-corrected chi connectivity index (χ2v) is 7.85. The molecule has 0 aromatic heterocycles. The fraction of sp³-hybridized carbons (Fsp3) is 0.800. The number of hydrogen-bond donors (Lipinski definition) is 3. The first-order chi connectivity index (χ1) is 8.80. The van der Waals surface area contributed by atoms with E-state index in [0.717, 1.165) is 0 Å². The van der Waals surface area contributed by atoms with Crippen molar-refractivity contribution < 1.29 is 28.2 Å². The van der Waals surface area contributed by atoms with Crippen LogP contribution in [0, 0.1) is 0 Å². The molecule has 110 valence electrons. The van der Waals surface area contributed by atoms with Gasteiger partial charge in [0.05, 0.1) is 17.3 Å². The normalized spacial score (nSPS) is 22.9. The molecule has 2 unspecified atom stereocenters. The first-order valence-electron chi connectivity index (χ1n) is 5.80. The first kappa shape index (κ1) is 16.3. The highest BCUT2D eigenvalue weighted by Crippen LogP contribution is 2.23. The molecular formula is C10H17NO6S2. The molecule has 19 heavy (non-hydrogen) atoms. The van der Waals surface area contributed by atoms with Gasteiger partial charge in [-0.15, -0.1) is 11.8 Å². The van der Waals surface area contributed by atoms with Crippen molar-refractivity contribution in [1.29, 1.82) is 0 Å². The third kappa shape index (κ3) is 6.26. The maximum absolute atomic E-state index is 11.4. The van der Waals surface area contributed by atoms with Gasteiger partial charge in [-0.2, -0.15) is 0 Å². The summed E-state index contributed by atoms with van der Waals surface area (Å²) >= 11 is 1.29. The Morgan fingerprint density at radius 1 is 1.42 bits per heavy atom. The van der Waals surface area contributed by atoms with Crippen LogP contribution >= 0.6 is 11.8 Å². The van der Waals surface area contributed by atoms with Crippen LogP contribution in [0.1, 0.15) is 12.8 Å². The maximum Gasteiger partial charge on any atom is 0.332 e. The van der Waals surface area contributed by atoms with Gasteiger partial charge in [-0.25, -0.2) is 13.2 Å². The van der Waals surface area contributed by atoms with E-state index in [1.54, 1.807) is 0 Å². The predicted octanol–water partition coefficient (Wildman–Crippen LogP) is -1.14. The highest BCUT2D eigenvalue weighted by Gasteiger charge is 2.28. The Hall–Kier alpha value is -0.800. The van der Waals surface area contributed by atoms with Gasteiger partial charge < -0.3 is 15.5 Å². The van der Waals surface area contributed by atoms with Crippen molar-refractivity contribution in [1.82, 2.24) is 5.32 Å². The van der Waals surface area contributed by atoms with Crippen LogP contribution in [0.5, 0.6) is 0 Å². The van der Waals surface area contributed by atoms with E-state index in [4.69, 9.17) is 10.2 Å². The average molecular weight is 311 g/mol. The van der Waals surface area contributed by atoms with Crippen molar-refractivity contribution >= 4 is 33.5 Å². The quantitative estimate of drug-likeness (QED) is 0.543. The lowest BCUT2D eigenvalue weighted by atomic mass is 10.2. The zero-order valence-corrected chi connectivity index (χ0v) is 11.9. The molecule has 2 atom stereocenters. The Balaban J connectivity index is 2.14. The van der Waals surface area contributed by atoms with Crippen molar-refractivity contribution in [3.63, 3.8) is 0 Å². The molecule has 1 heterocycles. The van der Waals surface area contributed by atoms with E-state index in [9.17, 15) is 18.0 Å². The highest BCUT2D eigenvalue weighted by atomic mass is 32.2. The number of thioether (sulfide) groups is 1. The van der Waals surface area contributed by atoms with E-state index in [-0.39, 0.29) is 41.4 Å². The molecule has 9 heteroatoms. The topological polar surface area (TPSA) is 121 Å². The van der Waals surface area contributed by atoms with Crippen molar-refractivity contribution in [2.75, 3.05) is 23.8 Å². The van der Waals surface area contributed by atoms with Crippen LogP contribution in [0.4, 0.5) is 0 Å². The van der Waals surface area contributed by atoms with E-state index >= 15 is 0 Å². The first-order valence-corrected chi connectivity index (χ1v) is 8.67. The summed E-state index contributed by atoms with van der Waals surface area (Å²) in [5, 5.41) is 19.8. The third-order valence-electron chi connectivity index (χ3n) is 2.67. The third-order valence-corrected chi connectivity index (χ3v) is 5.95. The van der Waals surface area contributed by atoms with Crippen LogP contribution in [0.25, 0.3) is 0 Å². The van der Waals surface area contributed by atoms with E-state index in [0.29, 0.717) is 6.42 Å². The molecular weight excluding hydrogens is 294 g/mol. The summed E-state index contributed by atoms with van der Waals surface area (Å²) in [6, 6.07) is 0. The molecule has 7 nitrogen and oxygen atoms in total. The Morgan fingerprint density at radius 2 is 2.11 bits per heavy atom. The fourth-order valence-corrected chi connectivity index (χ4v) is 5.08. The summed E-state index contributed by atoms with van der Waals surface area (Å²) in [6.45, 7) is 0.0792. The zero-order valence-electron chi connectivity index (χ0n) is 10.2. The maximum atomic E-state index is 11.4. The van der Waals surface area contributed by atoms with Gasteiger partial charge in [-0.1, -0.05) is 0 Å². The van der Waals surface area contributed by atoms with Crippen LogP contribution in [0.15, 0.2) is 0 Å². The predicted molar refractivity (Wildman–Crippen MR) is 70.8 cm³/mol. The smallest absolute Gasteiger partial charge is 0.332 e. The molecule has 1 saturated heterocycles. The lowest BCUT2D eigenvalue weighted by molar-refractivity contribution is -0.147. The molecule has 0 aliphatic carbocycles. The Bertz CT molecular complexity index is 435. The van der Waals surface area contributed by atoms with Gasteiger partial charge >= 0.3 is 5.97 Å². The number of carbonyl (C=O) groups is 2. The lowest BCUT2D eigenvalue weighted by Crippen LogP contribution is -2.31. The van der Waals surface area contributed by atoms with Crippen LogP contribution in [0.2, 0.25) is 0 Å². The molecule has 3 N–H and O–H groups in total. The van der Waals surface area contributed by atoms with E-state index in [1.165, 1.54) is 11.8 Å². The van der Waals surface area contributed by atoms with Gasteiger partial charge in [0.25, 0.3) is 0 Å². The van der Waals surface area contributed by atoms with Gasteiger partial charge in [-0.05, 0) is 6.42 Å². The molecule has 0 aromatic rings.